The molecular formula is C44H26N4O. The maximum atomic E-state index is 6.68. The largest absolute Gasteiger partial charge is 0.437 e. The van der Waals surface area contributed by atoms with E-state index in [1.165, 1.54) is 26.9 Å². The lowest BCUT2D eigenvalue weighted by atomic mass is 9.89. The molecule has 10 rings (SSSR count). The van der Waals surface area contributed by atoms with Gasteiger partial charge in [0.25, 0.3) is 0 Å². The summed E-state index contributed by atoms with van der Waals surface area (Å²) in [5.41, 5.74) is 6.11. The zero-order valence-electron chi connectivity index (χ0n) is 26.2. The molecule has 0 amide bonds. The van der Waals surface area contributed by atoms with E-state index >= 15 is 0 Å². The number of rotatable bonds is 4. The number of furan rings is 1. The molecule has 0 radical (unpaired) electrons. The molecule has 3 heterocycles. The summed E-state index contributed by atoms with van der Waals surface area (Å²) in [6.45, 7) is 0. The summed E-state index contributed by atoms with van der Waals surface area (Å²) in [7, 11) is 0. The van der Waals surface area contributed by atoms with Crippen molar-refractivity contribution in [3.8, 4) is 45.3 Å². The molecule has 0 aliphatic carbocycles. The van der Waals surface area contributed by atoms with Crippen LogP contribution in [0.2, 0.25) is 0 Å². The third-order valence-corrected chi connectivity index (χ3v) is 9.38. The van der Waals surface area contributed by atoms with E-state index in [4.69, 9.17) is 19.4 Å². The highest BCUT2D eigenvalue weighted by Gasteiger charge is 2.22. The summed E-state index contributed by atoms with van der Waals surface area (Å²) in [4.78, 5) is 19.7. The Bertz CT molecular complexity index is 2820. The number of hydrogen-bond acceptors (Lipinski definition) is 5. The Morgan fingerprint density at radius 1 is 0.388 bits per heavy atom. The van der Waals surface area contributed by atoms with Crippen LogP contribution >= 0.6 is 0 Å². The fraction of sp³-hybridized carbons (Fsp3) is 0. The summed E-state index contributed by atoms with van der Waals surface area (Å²) in [6, 6.07) is 52.3. The van der Waals surface area contributed by atoms with E-state index in [0.29, 0.717) is 23.2 Å². The van der Waals surface area contributed by atoms with Gasteiger partial charge in [0.2, 0.25) is 5.71 Å². The number of nitrogens with zero attached hydrogens (tertiary/aromatic N) is 4. The molecule has 0 fully saturated rings. The van der Waals surface area contributed by atoms with Gasteiger partial charge in [-0.15, -0.1) is 0 Å². The summed E-state index contributed by atoms with van der Waals surface area (Å²) in [6.07, 6.45) is 1.77. The van der Waals surface area contributed by atoms with E-state index in [1.807, 2.05) is 66.7 Å². The average Bonchev–Trinajstić information content (AvgIpc) is 3.57. The van der Waals surface area contributed by atoms with Crippen molar-refractivity contribution in [3.05, 3.63) is 158 Å². The Kier molecular flexibility index (Phi) is 6.11. The summed E-state index contributed by atoms with van der Waals surface area (Å²) >= 11 is 0. The lowest BCUT2D eigenvalue weighted by molar-refractivity contribution is 0.655. The topological polar surface area (TPSA) is 64.7 Å². The molecule has 0 spiro atoms. The average molecular weight is 627 g/mol. The number of fused-ring (bicyclic) bond motifs is 8. The first-order chi connectivity index (χ1) is 24.3. The van der Waals surface area contributed by atoms with Crippen LogP contribution in [0.15, 0.2) is 162 Å². The van der Waals surface area contributed by atoms with Crippen molar-refractivity contribution in [1.29, 1.82) is 0 Å². The minimum Gasteiger partial charge on any atom is -0.437 e. The first-order valence-electron chi connectivity index (χ1n) is 16.3. The molecule has 228 valence electrons. The first kappa shape index (κ1) is 27.4. The van der Waals surface area contributed by atoms with Gasteiger partial charge in [0.1, 0.15) is 5.58 Å². The zero-order chi connectivity index (χ0) is 32.3. The molecule has 7 aromatic carbocycles. The Morgan fingerprint density at radius 3 is 1.73 bits per heavy atom. The molecule has 0 saturated heterocycles. The molecule has 0 unspecified atom stereocenters. The van der Waals surface area contributed by atoms with Gasteiger partial charge in [-0.2, -0.15) is 0 Å². The van der Waals surface area contributed by atoms with Crippen molar-refractivity contribution < 1.29 is 4.42 Å². The number of pyridine rings is 1. The fourth-order valence-electron chi connectivity index (χ4n) is 7.14. The van der Waals surface area contributed by atoms with Crippen LogP contribution < -0.4 is 0 Å². The van der Waals surface area contributed by atoms with E-state index in [0.717, 1.165) is 49.6 Å². The van der Waals surface area contributed by atoms with Crippen LogP contribution in [0.1, 0.15) is 0 Å². The van der Waals surface area contributed by atoms with Crippen molar-refractivity contribution in [2.24, 2.45) is 0 Å². The van der Waals surface area contributed by atoms with E-state index in [-0.39, 0.29) is 0 Å². The predicted molar refractivity (Wildman–Crippen MR) is 199 cm³/mol. The monoisotopic (exact) mass is 626 g/mol. The summed E-state index contributed by atoms with van der Waals surface area (Å²) in [5.74, 6) is 1.80. The van der Waals surface area contributed by atoms with Gasteiger partial charge in [0.15, 0.2) is 17.5 Å². The second kappa shape index (κ2) is 10.9. The van der Waals surface area contributed by atoms with Gasteiger partial charge in [-0.1, -0.05) is 121 Å². The van der Waals surface area contributed by atoms with Crippen LogP contribution in [0.4, 0.5) is 0 Å². The Labute approximate surface area is 281 Å². The maximum Gasteiger partial charge on any atom is 0.227 e. The third-order valence-electron chi connectivity index (χ3n) is 9.38. The van der Waals surface area contributed by atoms with Crippen molar-refractivity contribution in [1.82, 2.24) is 19.9 Å². The molecule has 10 aromatic rings. The highest BCUT2D eigenvalue weighted by Crippen LogP contribution is 2.45. The summed E-state index contributed by atoms with van der Waals surface area (Å²) < 4.78 is 6.68. The molecule has 0 atom stereocenters. The van der Waals surface area contributed by atoms with Gasteiger partial charge in [0.05, 0.1) is 0 Å². The van der Waals surface area contributed by atoms with E-state index in [1.54, 1.807) is 6.20 Å². The smallest absolute Gasteiger partial charge is 0.227 e. The third kappa shape index (κ3) is 4.40. The first-order valence-corrected chi connectivity index (χ1v) is 16.3. The van der Waals surface area contributed by atoms with E-state index < -0.39 is 0 Å². The fourth-order valence-corrected chi connectivity index (χ4v) is 7.14. The van der Waals surface area contributed by atoms with Crippen molar-refractivity contribution >= 4 is 54.4 Å². The zero-order valence-corrected chi connectivity index (χ0v) is 26.2. The van der Waals surface area contributed by atoms with Crippen LogP contribution in [0.25, 0.3) is 99.7 Å². The van der Waals surface area contributed by atoms with Gasteiger partial charge < -0.3 is 4.42 Å². The Balaban J connectivity index is 1.28. The molecule has 3 aromatic heterocycles. The molecule has 0 bridgehead atoms. The van der Waals surface area contributed by atoms with Crippen molar-refractivity contribution in [2.75, 3.05) is 0 Å². The van der Waals surface area contributed by atoms with Crippen LogP contribution in [0.5, 0.6) is 0 Å². The molecule has 0 saturated carbocycles. The van der Waals surface area contributed by atoms with Crippen LogP contribution in [0.3, 0.4) is 0 Å². The maximum absolute atomic E-state index is 6.68. The predicted octanol–water partition coefficient (Wildman–Crippen LogP) is 11.3. The lowest BCUT2D eigenvalue weighted by Gasteiger charge is -2.14. The standard InChI is InChI=1S/C44H26N4O/c1-3-13-28(14-4-1)41-46-42(29-15-5-2-6-16-29)48-43(47-41)35-24-23-34(40-39(35)36-20-11-25-45-44(36)49-40)37-26-30-22-21-27-12-7-8-17-31(27)38(30)33-19-10-9-18-32(33)37/h1-26H. The number of aromatic nitrogens is 4. The number of benzene rings is 7. The summed E-state index contributed by atoms with van der Waals surface area (Å²) in [5, 5.41) is 9.10. The molecule has 0 N–H and O–H groups in total. The second-order valence-corrected chi connectivity index (χ2v) is 12.2. The van der Waals surface area contributed by atoms with Gasteiger partial charge in [-0.05, 0) is 68.2 Å². The Morgan fingerprint density at radius 2 is 0.980 bits per heavy atom. The van der Waals surface area contributed by atoms with Gasteiger partial charge >= 0.3 is 0 Å². The highest BCUT2D eigenvalue weighted by atomic mass is 16.3. The highest BCUT2D eigenvalue weighted by molar-refractivity contribution is 6.25. The minimum atomic E-state index is 0.572. The molecule has 49 heavy (non-hydrogen) atoms. The van der Waals surface area contributed by atoms with Gasteiger partial charge in [-0.25, -0.2) is 19.9 Å². The van der Waals surface area contributed by atoms with E-state index in [2.05, 4.69) is 89.9 Å². The molecule has 0 aliphatic heterocycles. The van der Waals surface area contributed by atoms with Crippen molar-refractivity contribution in [2.45, 2.75) is 0 Å². The molecule has 5 heteroatoms. The SMILES string of the molecule is c1ccc(-c2nc(-c3ccccc3)nc(-c3ccc(-c4cc5ccc6ccccc6c5c5ccccc45)c4oc5ncccc5c34)n2)cc1. The van der Waals surface area contributed by atoms with E-state index in [9.17, 15) is 0 Å². The molecule has 5 nitrogen and oxygen atoms in total. The van der Waals surface area contributed by atoms with Crippen LogP contribution in [-0.2, 0) is 0 Å². The molecule has 0 aliphatic rings. The quantitative estimate of drug-likeness (QED) is 0.182. The van der Waals surface area contributed by atoms with Crippen LogP contribution in [0, 0.1) is 0 Å². The van der Waals surface area contributed by atoms with Gasteiger partial charge in [0, 0.05) is 39.2 Å². The lowest BCUT2D eigenvalue weighted by Crippen LogP contribution is -2.00. The van der Waals surface area contributed by atoms with Crippen molar-refractivity contribution in [3.63, 3.8) is 0 Å². The number of hydrogen-bond donors (Lipinski definition) is 0. The molecular weight excluding hydrogens is 601 g/mol. The minimum absolute atomic E-state index is 0.572. The Hall–Kier alpha value is -6.72. The van der Waals surface area contributed by atoms with Gasteiger partial charge in [-0.3, -0.25) is 0 Å². The normalized spacial score (nSPS) is 11.7. The second-order valence-electron chi connectivity index (χ2n) is 12.2. The van der Waals surface area contributed by atoms with Crippen LogP contribution in [-0.4, -0.2) is 19.9 Å².